The summed E-state index contributed by atoms with van der Waals surface area (Å²) in [7, 11) is 0. The number of rotatable bonds is 3. The van der Waals surface area contributed by atoms with Gasteiger partial charge in [0.25, 0.3) is 0 Å². The van der Waals surface area contributed by atoms with Crippen LogP contribution in [0.5, 0.6) is 0 Å². The number of hydrogen-bond donors (Lipinski definition) is 2. The molecule has 0 saturated carbocycles. The Kier molecular flexibility index (Phi) is 2.95. The van der Waals surface area contributed by atoms with Crippen LogP contribution in [-0.2, 0) is 5.75 Å². The molecule has 7 heteroatoms. The molecule has 0 fully saturated rings. The Balaban J connectivity index is 1.94. The van der Waals surface area contributed by atoms with Crippen molar-refractivity contribution in [3.05, 3.63) is 21.3 Å². The lowest BCUT2D eigenvalue weighted by molar-refractivity contribution is 0.974. The maximum atomic E-state index is 5.80. The first-order valence-electron chi connectivity index (χ1n) is 3.79. The van der Waals surface area contributed by atoms with Crippen molar-refractivity contribution in [2.75, 3.05) is 5.73 Å². The van der Waals surface area contributed by atoms with Crippen LogP contribution < -0.4 is 5.73 Å². The zero-order chi connectivity index (χ0) is 9.97. The maximum absolute atomic E-state index is 5.80. The van der Waals surface area contributed by atoms with Crippen molar-refractivity contribution in [3.8, 4) is 0 Å². The summed E-state index contributed by atoms with van der Waals surface area (Å²) in [5.41, 5.74) is 5.39. The molecule has 0 aliphatic heterocycles. The SMILES string of the molecule is Nc1nc(SCc2ccc(Cl)s2)n[nH]1. The molecule has 14 heavy (non-hydrogen) atoms. The van der Waals surface area contributed by atoms with Gasteiger partial charge < -0.3 is 5.73 Å². The van der Waals surface area contributed by atoms with E-state index in [-0.39, 0.29) is 0 Å². The number of nitrogens with zero attached hydrogens (tertiary/aromatic N) is 2. The van der Waals surface area contributed by atoms with E-state index < -0.39 is 0 Å². The second kappa shape index (κ2) is 4.20. The van der Waals surface area contributed by atoms with Gasteiger partial charge in [-0.15, -0.1) is 16.4 Å². The van der Waals surface area contributed by atoms with E-state index in [0.717, 1.165) is 10.1 Å². The molecule has 0 aliphatic rings. The number of anilines is 1. The molecule has 2 aromatic heterocycles. The summed E-state index contributed by atoms with van der Waals surface area (Å²) in [6, 6.07) is 3.88. The molecular formula is C7H7ClN4S2. The maximum Gasteiger partial charge on any atom is 0.216 e. The molecule has 0 radical (unpaired) electrons. The van der Waals surface area contributed by atoms with Gasteiger partial charge in [-0.2, -0.15) is 4.98 Å². The Labute approximate surface area is 93.9 Å². The molecule has 3 N–H and O–H groups in total. The Bertz CT molecular complexity index is 385. The lowest BCUT2D eigenvalue weighted by Gasteiger charge is -1.91. The third kappa shape index (κ3) is 2.40. The molecular weight excluding hydrogens is 240 g/mol. The minimum absolute atomic E-state index is 0.344. The number of nitrogens with one attached hydrogen (secondary N) is 1. The number of aromatic nitrogens is 3. The molecule has 0 spiro atoms. The second-order valence-corrected chi connectivity index (χ2v) is 5.24. The summed E-state index contributed by atoms with van der Waals surface area (Å²) in [5, 5.41) is 7.15. The van der Waals surface area contributed by atoms with E-state index in [2.05, 4.69) is 15.2 Å². The molecule has 0 aliphatic carbocycles. The first kappa shape index (κ1) is 9.82. The summed E-state index contributed by atoms with van der Waals surface area (Å²) < 4.78 is 0.801. The van der Waals surface area contributed by atoms with E-state index in [1.54, 1.807) is 11.3 Å². The van der Waals surface area contributed by atoms with E-state index in [0.29, 0.717) is 11.1 Å². The van der Waals surface area contributed by atoms with Crippen molar-refractivity contribution < 1.29 is 0 Å². The molecule has 2 rings (SSSR count). The van der Waals surface area contributed by atoms with Gasteiger partial charge in [0.05, 0.1) is 4.34 Å². The molecule has 0 aromatic carbocycles. The standard InChI is InChI=1S/C7H7ClN4S2/c8-5-2-1-4(14-5)3-13-7-10-6(9)11-12-7/h1-2H,3H2,(H3,9,10,11,12). The topological polar surface area (TPSA) is 67.6 Å². The first-order chi connectivity index (χ1) is 6.74. The predicted molar refractivity (Wildman–Crippen MR) is 59.7 cm³/mol. The fourth-order valence-electron chi connectivity index (χ4n) is 0.888. The monoisotopic (exact) mass is 246 g/mol. The van der Waals surface area contributed by atoms with Crippen LogP contribution in [0.3, 0.4) is 0 Å². The van der Waals surface area contributed by atoms with Crippen LogP contribution in [-0.4, -0.2) is 15.2 Å². The van der Waals surface area contributed by atoms with Gasteiger partial charge in [0.15, 0.2) is 0 Å². The highest BCUT2D eigenvalue weighted by Crippen LogP contribution is 2.27. The highest BCUT2D eigenvalue weighted by molar-refractivity contribution is 7.98. The number of aromatic amines is 1. The highest BCUT2D eigenvalue weighted by atomic mass is 35.5. The second-order valence-electron chi connectivity index (χ2n) is 2.50. The van der Waals surface area contributed by atoms with E-state index in [4.69, 9.17) is 17.3 Å². The molecule has 0 unspecified atom stereocenters. The van der Waals surface area contributed by atoms with E-state index >= 15 is 0 Å². The van der Waals surface area contributed by atoms with Gasteiger partial charge in [0.1, 0.15) is 0 Å². The van der Waals surface area contributed by atoms with Crippen LogP contribution in [0.15, 0.2) is 17.3 Å². The van der Waals surface area contributed by atoms with Crippen molar-refractivity contribution in [2.45, 2.75) is 10.9 Å². The number of hydrogen-bond acceptors (Lipinski definition) is 5. The predicted octanol–water partition coefficient (Wildman–Crippen LogP) is 2.39. The summed E-state index contributed by atoms with van der Waals surface area (Å²) in [5.74, 6) is 1.16. The summed E-state index contributed by atoms with van der Waals surface area (Å²) in [4.78, 5) is 5.18. The lowest BCUT2D eigenvalue weighted by atomic mass is 10.5. The van der Waals surface area contributed by atoms with Crippen molar-refractivity contribution >= 4 is 40.6 Å². The molecule has 0 atom stereocenters. The molecule has 0 bridgehead atoms. The van der Waals surface area contributed by atoms with Crippen LogP contribution in [0.4, 0.5) is 5.95 Å². The number of nitrogens with two attached hydrogens (primary N) is 1. The van der Waals surface area contributed by atoms with Gasteiger partial charge >= 0.3 is 0 Å². The largest absolute Gasteiger partial charge is 0.368 e. The zero-order valence-electron chi connectivity index (χ0n) is 7.03. The third-order valence-electron chi connectivity index (χ3n) is 1.45. The number of thiophene rings is 1. The Hall–Kier alpha value is -0.720. The van der Waals surface area contributed by atoms with Gasteiger partial charge in [-0.1, -0.05) is 23.4 Å². The number of H-pyrrole nitrogens is 1. The van der Waals surface area contributed by atoms with Gasteiger partial charge in [0, 0.05) is 10.6 Å². The lowest BCUT2D eigenvalue weighted by Crippen LogP contribution is -1.85. The zero-order valence-corrected chi connectivity index (χ0v) is 9.42. The third-order valence-corrected chi connectivity index (χ3v) is 3.76. The molecule has 74 valence electrons. The Morgan fingerprint density at radius 3 is 3.00 bits per heavy atom. The molecule has 4 nitrogen and oxygen atoms in total. The molecule has 2 aromatic rings. The van der Waals surface area contributed by atoms with Crippen LogP contribution in [0.1, 0.15) is 4.88 Å². The average Bonchev–Trinajstić information content (AvgIpc) is 2.72. The number of nitrogen functional groups attached to an aromatic ring is 1. The first-order valence-corrected chi connectivity index (χ1v) is 5.97. The van der Waals surface area contributed by atoms with E-state index in [9.17, 15) is 0 Å². The van der Waals surface area contributed by atoms with Crippen LogP contribution in [0.2, 0.25) is 4.34 Å². The van der Waals surface area contributed by atoms with Gasteiger partial charge in [-0.3, -0.25) is 0 Å². The van der Waals surface area contributed by atoms with Gasteiger partial charge in [-0.05, 0) is 12.1 Å². The number of thioether (sulfide) groups is 1. The van der Waals surface area contributed by atoms with Crippen molar-refractivity contribution in [1.82, 2.24) is 15.2 Å². The number of halogens is 1. The molecule has 0 amide bonds. The summed E-state index contributed by atoms with van der Waals surface area (Å²) in [6.45, 7) is 0. The minimum Gasteiger partial charge on any atom is -0.368 e. The molecule has 2 heterocycles. The van der Waals surface area contributed by atoms with Crippen LogP contribution in [0.25, 0.3) is 0 Å². The minimum atomic E-state index is 0.344. The fraction of sp³-hybridized carbons (Fsp3) is 0.143. The van der Waals surface area contributed by atoms with Gasteiger partial charge in [-0.25, -0.2) is 5.10 Å². The smallest absolute Gasteiger partial charge is 0.216 e. The van der Waals surface area contributed by atoms with Crippen LogP contribution >= 0.6 is 34.7 Å². The summed E-state index contributed by atoms with van der Waals surface area (Å²) >= 11 is 8.89. The fourth-order valence-corrected chi connectivity index (χ4v) is 2.82. The normalized spacial score (nSPS) is 10.6. The Morgan fingerprint density at radius 2 is 2.43 bits per heavy atom. The van der Waals surface area contributed by atoms with Gasteiger partial charge in [0.2, 0.25) is 11.1 Å². The summed E-state index contributed by atoms with van der Waals surface area (Å²) in [6.07, 6.45) is 0. The van der Waals surface area contributed by atoms with Crippen molar-refractivity contribution in [2.24, 2.45) is 0 Å². The molecule has 0 saturated heterocycles. The average molecular weight is 247 g/mol. The van der Waals surface area contributed by atoms with E-state index in [1.165, 1.54) is 16.6 Å². The highest BCUT2D eigenvalue weighted by Gasteiger charge is 2.03. The Morgan fingerprint density at radius 1 is 1.57 bits per heavy atom. The quantitative estimate of drug-likeness (QED) is 0.816. The van der Waals surface area contributed by atoms with Crippen molar-refractivity contribution in [3.63, 3.8) is 0 Å². The van der Waals surface area contributed by atoms with Crippen LogP contribution in [0, 0.1) is 0 Å². The van der Waals surface area contributed by atoms with E-state index in [1.807, 2.05) is 12.1 Å². The van der Waals surface area contributed by atoms with Crippen molar-refractivity contribution in [1.29, 1.82) is 0 Å².